The van der Waals surface area contributed by atoms with Crippen molar-refractivity contribution in [2.24, 2.45) is 21.7 Å². The fourth-order valence-corrected chi connectivity index (χ4v) is 9.21. The van der Waals surface area contributed by atoms with Gasteiger partial charge in [-0.1, -0.05) is 6.92 Å². The summed E-state index contributed by atoms with van der Waals surface area (Å²) in [7, 11) is 0. The topological polar surface area (TPSA) is 334 Å². The lowest BCUT2D eigenvalue weighted by molar-refractivity contribution is -0.175. The molecule has 39 heteroatoms. The first kappa shape index (κ1) is 101. The molecule has 0 saturated carbocycles. The maximum atomic E-state index is 12.3. The first-order chi connectivity index (χ1) is 47.3. The van der Waals surface area contributed by atoms with E-state index in [9.17, 15) is 57.5 Å². The summed E-state index contributed by atoms with van der Waals surface area (Å²) in [6, 6.07) is 0. The summed E-state index contributed by atoms with van der Waals surface area (Å²) in [5.74, 6) is -1.94. The molecule has 0 bridgehead atoms. The number of carbonyl (C=O) groups is 12. The Balaban J connectivity index is -0.00000149. The minimum absolute atomic E-state index is 0.00157. The van der Waals surface area contributed by atoms with Crippen LogP contribution in [0.1, 0.15) is 96.8 Å². The second-order valence-electron chi connectivity index (χ2n) is 21.6. The summed E-state index contributed by atoms with van der Waals surface area (Å²) in [6.07, 6.45) is 2.10. The van der Waals surface area contributed by atoms with E-state index in [1.165, 1.54) is 0 Å². The van der Waals surface area contributed by atoms with Crippen molar-refractivity contribution in [3.63, 3.8) is 0 Å². The molecule has 0 heterocycles. The molecule has 0 radical (unpaired) electrons. The van der Waals surface area contributed by atoms with Crippen LogP contribution in [0.3, 0.4) is 0 Å². The number of rotatable bonds is 58. The van der Waals surface area contributed by atoms with Crippen LogP contribution in [0, 0.1) is 21.7 Å². The van der Waals surface area contributed by atoms with Gasteiger partial charge in [0, 0.05) is 75.6 Å². The molecule has 0 atom stereocenters. The van der Waals surface area contributed by atoms with Crippen LogP contribution in [-0.2, 0) is 124 Å². The average Bonchev–Trinajstić information content (AvgIpc) is 0.859. The summed E-state index contributed by atoms with van der Waals surface area (Å²) in [6.45, 7) is -0.870. The van der Waals surface area contributed by atoms with Crippen molar-refractivity contribution in [1.82, 2.24) is 0 Å². The molecule has 0 N–H and O–H groups in total. The van der Waals surface area contributed by atoms with E-state index < -0.39 is 93.3 Å². The molecule has 0 aliphatic carbocycles. The van der Waals surface area contributed by atoms with Crippen LogP contribution in [0.25, 0.3) is 0 Å². The van der Waals surface area contributed by atoms with Gasteiger partial charge in [0.1, 0.15) is 84.7 Å². The minimum Gasteiger partial charge on any atom is -0.465 e. The largest absolute Gasteiger partial charge is 0.465 e. The predicted octanol–water partition coefficient (Wildman–Crippen LogP) is 6.03. The molecule has 0 aliphatic heterocycles. The van der Waals surface area contributed by atoms with Crippen LogP contribution in [-0.4, -0.2) is 252 Å². The van der Waals surface area contributed by atoms with Gasteiger partial charge in [-0.15, -0.1) is 0 Å². The van der Waals surface area contributed by atoms with Gasteiger partial charge in [-0.2, -0.15) is 164 Å². The Morgan fingerprint density at radius 3 is 0.495 bits per heavy atom. The molecule has 576 valence electrons. The number of hydrogen-bond acceptors (Lipinski definition) is 39. The monoisotopic (exact) mass is 1650 g/mol. The molecule has 99 heavy (non-hydrogen) atoms. The molecule has 0 saturated heterocycles. The fourth-order valence-electron chi connectivity index (χ4n) is 6.89. The summed E-state index contributed by atoms with van der Waals surface area (Å²) >= 11 is 52.3. The van der Waals surface area contributed by atoms with Crippen LogP contribution in [0.2, 0.25) is 0 Å². The lowest BCUT2D eigenvalue weighted by atomic mass is 9.88. The third-order valence-electron chi connectivity index (χ3n) is 12.7. The van der Waals surface area contributed by atoms with Gasteiger partial charge in [0.05, 0.1) is 113 Å². The van der Waals surface area contributed by atoms with Gasteiger partial charge in [0.15, 0.2) is 0 Å². The Labute approximate surface area is 653 Å². The molecule has 0 amide bonds. The van der Waals surface area contributed by atoms with Crippen LogP contribution < -0.4 is 0 Å². The molecule has 0 fully saturated rings. The lowest BCUT2D eigenvalue weighted by Gasteiger charge is -2.36. The Bertz CT molecular complexity index is 2070. The molecule has 0 aromatic carbocycles. The zero-order valence-corrected chi connectivity index (χ0v) is 67.5. The van der Waals surface area contributed by atoms with Crippen molar-refractivity contribution >= 4 is 236 Å². The summed E-state index contributed by atoms with van der Waals surface area (Å²) in [5.41, 5.74) is -4.54. The Morgan fingerprint density at radius 2 is 0.343 bits per heavy atom. The Hall–Kier alpha value is -1.89. The molecule has 0 rings (SSSR count). The predicted molar refractivity (Wildman–Crippen MR) is 413 cm³/mol. The van der Waals surface area contributed by atoms with Gasteiger partial charge in [0.25, 0.3) is 0 Å². The third-order valence-corrected chi connectivity index (χ3v) is 15.7. The SMILES string of the molecule is CCC(COC(=O)CCS)(COC(=O)CCS)COC(=O)CCS.O=C(CCS)OCC(COC(=O)CCS)(COC(=O)CCS)COC(=O)CCS.O=C(CCS)OCC(COCCCS)(COCC(COC(=O)CCS)(COC(=O)CCS)COC(=O)CCS)COC(=O)CCS. The van der Waals surface area contributed by atoms with Crippen LogP contribution >= 0.6 is 164 Å². The van der Waals surface area contributed by atoms with E-state index in [0.29, 0.717) is 42.5 Å². The molecule has 0 spiro atoms. The van der Waals surface area contributed by atoms with E-state index in [1.54, 1.807) is 0 Å². The van der Waals surface area contributed by atoms with Crippen molar-refractivity contribution in [3.05, 3.63) is 0 Å². The zero-order chi connectivity index (χ0) is 75.2. The summed E-state index contributed by atoms with van der Waals surface area (Å²) < 4.78 is 75.9. The molecule has 0 unspecified atom stereocenters. The highest BCUT2D eigenvalue weighted by Crippen LogP contribution is 2.29. The number of hydrogen-bond donors (Lipinski definition) is 13. The van der Waals surface area contributed by atoms with E-state index >= 15 is 0 Å². The van der Waals surface area contributed by atoms with E-state index in [-0.39, 0.29) is 228 Å². The second-order valence-corrected chi connectivity index (χ2v) is 27.4. The quantitative estimate of drug-likeness (QED) is 0.0143. The number of esters is 12. The number of ether oxygens (including phenoxy) is 14. The van der Waals surface area contributed by atoms with Gasteiger partial charge in [-0.05, 0) is 18.6 Å². The first-order valence-electron chi connectivity index (χ1n) is 31.2. The van der Waals surface area contributed by atoms with Gasteiger partial charge in [-0.25, -0.2) is 0 Å². The zero-order valence-electron chi connectivity index (χ0n) is 55.8. The van der Waals surface area contributed by atoms with Crippen LogP contribution in [0.15, 0.2) is 0 Å². The highest BCUT2D eigenvalue weighted by molar-refractivity contribution is 7.82. The van der Waals surface area contributed by atoms with Crippen molar-refractivity contribution in [2.45, 2.75) is 96.8 Å². The highest BCUT2D eigenvalue weighted by atomic mass is 32.1. The maximum absolute atomic E-state index is 12.3. The summed E-state index contributed by atoms with van der Waals surface area (Å²) in [5, 5.41) is 0. The van der Waals surface area contributed by atoms with E-state index in [1.807, 2.05) is 6.92 Å². The summed E-state index contributed by atoms with van der Waals surface area (Å²) in [4.78, 5) is 143. The minimum atomic E-state index is -1.34. The van der Waals surface area contributed by atoms with Crippen molar-refractivity contribution in [2.75, 3.05) is 180 Å². The maximum Gasteiger partial charge on any atom is 0.306 e. The van der Waals surface area contributed by atoms with Gasteiger partial charge in [-0.3, -0.25) is 57.5 Å². The van der Waals surface area contributed by atoms with Crippen molar-refractivity contribution in [1.29, 1.82) is 0 Å². The van der Waals surface area contributed by atoms with Crippen LogP contribution in [0.5, 0.6) is 0 Å². The second kappa shape index (κ2) is 65.6. The first-order valence-corrected chi connectivity index (χ1v) is 39.5. The van der Waals surface area contributed by atoms with Gasteiger partial charge >= 0.3 is 71.6 Å². The molecule has 26 nitrogen and oxygen atoms in total. The van der Waals surface area contributed by atoms with Gasteiger partial charge in [0.2, 0.25) is 0 Å². The molecule has 0 aliphatic rings. The molecular formula is C60H102O26S13. The standard InChI is InChI=1S/C28H48O12S6.C17H28O8S4.C15H26O6S3/c29-22(2-9-42)36-17-27(14-34-7-1-8-41,18-37-23(30)3-10-43)15-35-16-28(19-38-24(31)4-11-44,20-39-25(32)5-12-45)21-40-26(33)6-13-46;18-13(1-5-26)22-9-17(10-23-14(19)2-6-27,11-24-15(20)3-7-28)12-25-16(21)4-8-29;1-2-15(9-19-12(16)3-6-22,10-20-13(17)4-7-23)11-21-14(18)5-8-24/h41-46H,1-21H2;26-29H,1-12H2;22-24H,2-11H2,1H3. The smallest absolute Gasteiger partial charge is 0.306 e. The van der Waals surface area contributed by atoms with Gasteiger partial charge < -0.3 is 66.3 Å². The highest BCUT2D eigenvalue weighted by Gasteiger charge is 2.42. The van der Waals surface area contributed by atoms with E-state index in [2.05, 4.69) is 164 Å². The third kappa shape index (κ3) is 55.3. The van der Waals surface area contributed by atoms with Crippen LogP contribution in [0.4, 0.5) is 0 Å². The molecular weight excluding hydrogens is 1550 g/mol. The average molecular weight is 1660 g/mol. The normalized spacial score (nSPS) is 11.2. The Morgan fingerprint density at radius 1 is 0.202 bits per heavy atom. The van der Waals surface area contributed by atoms with E-state index in [0.717, 1.165) is 0 Å². The van der Waals surface area contributed by atoms with E-state index in [4.69, 9.17) is 66.3 Å². The van der Waals surface area contributed by atoms with Crippen molar-refractivity contribution in [3.8, 4) is 0 Å². The fraction of sp³-hybridized carbons (Fsp3) is 0.800. The molecule has 0 aromatic rings. The Kier molecular flexibility index (Phi) is 67.1. The van der Waals surface area contributed by atoms with Crippen molar-refractivity contribution < 1.29 is 124 Å². The number of carbonyl (C=O) groups excluding carboxylic acids is 12. The molecule has 0 aromatic heterocycles. The lowest BCUT2D eigenvalue weighted by Crippen LogP contribution is -2.47. The number of thiol groups is 13.